The molecule has 0 atom stereocenters. The monoisotopic (exact) mass is 263 g/mol. The molecule has 0 fully saturated rings. The molecule has 0 aliphatic carbocycles. The lowest BCUT2D eigenvalue weighted by Crippen LogP contribution is -2.08. The van der Waals surface area contributed by atoms with Gasteiger partial charge in [0.05, 0.1) is 36.4 Å². The summed E-state index contributed by atoms with van der Waals surface area (Å²) in [7, 11) is 3.62. The number of aryl methyl sites for hydroxylation is 2. The van der Waals surface area contributed by atoms with Gasteiger partial charge >= 0.3 is 0 Å². The molecule has 0 amide bonds. The molecule has 19 heavy (non-hydrogen) atoms. The highest BCUT2D eigenvalue weighted by Crippen LogP contribution is 2.20. The summed E-state index contributed by atoms with van der Waals surface area (Å²) in [5, 5.41) is 12.1. The molecule has 2 rings (SSSR count). The van der Waals surface area contributed by atoms with E-state index in [-0.39, 0.29) is 0 Å². The van der Waals surface area contributed by atoms with Crippen molar-refractivity contribution >= 4 is 5.69 Å². The van der Waals surface area contributed by atoms with Gasteiger partial charge in [-0.3, -0.25) is 9.36 Å². The van der Waals surface area contributed by atoms with Crippen LogP contribution in [0.2, 0.25) is 0 Å². The third-order valence-corrected chi connectivity index (χ3v) is 3.12. The van der Waals surface area contributed by atoms with Crippen LogP contribution in [0.15, 0.2) is 12.4 Å². The molecule has 0 saturated heterocycles. The zero-order valence-corrected chi connectivity index (χ0v) is 12.0. The first-order chi connectivity index (χ1) is 9.11. The van der Waals surface area contributed by atoms with E-state index in [0.717, 1.165) is 35.7 Å². The Morgan fingerprint density at radius 3 is 2.79 bits per heavy atom. The zero-order valence-electron chi connectivity index (χ0n) is 12.0. The van der Waals surface area contributed by atoms with E-state index in [0.29, 0.717) is 6.61 Å². The highest BCUT2D eigenvalue weighted by Gasteiger charge is 2.11. The number of ether oxygens (including phenoxy) is 1. The largest absolute Gasteiger partial charge is 0.383 e. The summed E-state index contributed by atoms with van der Waals surface area (Å²) in [5.74, 6) is 0. The van der Waals surface area contributed by atoms with Crippen molar-refractivity contribution in [1.29, 1.82) is 0 Å². The van der Waals surface area contributed by atoms with E-state index in [9.17, 15) is 0 Å². The molecule has 2 heterocycles. The zero-order chi connectivity index (χ0) is 13.8. The number of nitrogens with one attached hydrogen (secondary N) is 1. The van der Waals surface area contributed by atoms with E-state index in [1.165, 1.54) is 0 Å². The lowest BCUT2D eigenvalue weighted by atomic mass is 10.3. The standard InChI is InChI=1S/C13H21N5O/c1-10-13(11(2)18(16-10)5-6-19-4)14-7-12-8-15-17(3)9-12/h8-9,14H,5-7H2,1-4H3. The smallest absolute Gasteiger partial charge is 0.0828 e. The van der Waals surface area contributed by atoms with Gasteiger partial charge in [-0.25, -0.2) is 0 Å². The maximum Gasteiger partial charge on any atom is 0.0828 e. The summed E-state index contributed by atoms with van der Waals surface area (Å²) in [5.41, 5.74) is 4.40. The number of rotatable bonds is 6. The Morgan fingerprint density at radius 1 is 1.37 bits per heavy atom. The highest BCUT2D eigenvalue weighted by atomic mass is 16.5. The van der Waals surface area contributed by atoms with Gasteiger partial charge < -0.3 is 10.1 Å². The second kappa shape index (κ2) is 5.88. The van der Waals surface area contributed by atoms with E-state index in [4.69, 9.17) is 4.74 Å². The fourth-order valence-electron chi connectivity index (χ4n) is 2.10. The first-order valence-electron chi connectivity index (χ1n) is 6.36. The minimum atomic E-state index is 0.671. The average molecular weight is 263 g/mol. The number of anilines is 1. The minimum absolute atomic E-state index is 0.671. The molecule has 0 aliphatic heterocycles. The average Bonchev–Trinajstić information content (AvgIpc) is 2.90. The molecule has 104 valence electrons. The molecule has 0 spiro atoms. The number of hydrogen-bond donors (Lipinski definition) is 1. The van der Waals surface area contributed by atoms with Crippen molar-refractivity contribution in [3.8, 4) is 0 Å². The van der Waals surface area contributed by atoms with E-state index < -0.39 is 0 Å². The Hall–Kier alpha value is -1.82. The molecule has 6 heteroatoms. The molecule has 0 aromatic carbocycles. The molecule has 0 saturated carbocycles. The highest BCUT2D eigenvalue weighted by molar-refractivity contribution is 5.52. The van der Waals surface area contributed by atoms with E-state index >= 15 is 0 Å². The number of aromatic nitrogens is 4. The van der Waals surface area contributed by atoms with Crippen LogP contribution in [0.1, 0.15) is 17.0 Å². The third kappa shape index (κ3) is 3.14. The van der Waals surface area contributed by atoms with Crippen molar-refractivity contribution in [3.63, 3.8) is 0 Å². The van der Waals surface area contributed by atoms with Crippen molar-refractivity contribution in [2.75, 3.05) is 19.0 Å². The second-order valence-corrected chi connectivity index (χ2v) is 4.64. The molecular formula is C13H21N5O. The SMILES string of the molecule is COCCn1nc(C)c(NCc2cnn(C)c2)c1C. The summed E-state index contributed by atoms with van der Waals surface area (Å²) in [6.45, 7) is 6.29. The molecule has 2 aromatic heterocycles. The molecule has 0 radical (unpaired) electrons. The van der Waals surface area contributed by atoms with Gasteiger partial charge in [0.2, 0.25) is 0 Å². The Morgan fingerprint density at radius 2 is 2.16 bits per heavy atom. The van der Waals surface area contributed by atoms with Crippen molar-refractivity contribution in [3.05, 3.63) is 29.3 Å². The van der Waals surface area contributed by atoms with Gasteiger partial charge in [0.15, 0.2) is 0 Å². The summed E-state index contributed by atoms with van der Waals surface area (Å²) >= 11 is 0. The summed E-state index contributed by atoms with van der Waals surface area (Å²) in [6, 6.07) is 0. The summed E-state index contributed by atoms with van der Waals surface area (Å²) in [4.78, 5) is 0. The maximum atomic E-state index is 5.09. The molecular weight excluding hydrogens is 242 g/mol. The van der Waals surface area contributed by atoms with Crippen LogP contribution in [-0.4, -0.2) is 33.3 Å². The molecule has 0 unspecified atom stereocenters. The van der Waals surface area contributed by atoms with Crippen molar-refractivity contribution in [2.24, 2.45) is 7.05 Å². The lowest BCUT2D eigenvalue weighted by Gasteiger charge is -2.06. The van der Waals surface area contributed by atoms with Crippen LogP contribution >= 0.6 is 0 Å². The fraction of sp³-hybridized carbons (Fsp3) is 0.538. The minimum Gasteiger partial charge on any atom is -0.383 e. The van der Waals surface area contributed by atoms with Gasteiger partial charge in [-0.15, -0.1) is 0 Å². The van der Waals surface area contributed by atoms with E-state index in [1.54, 1.807) is 11.8 Å². The first-order valence-corrected chi connectivity index (χ1v) is 6.36. The Labute approximate surface area is 113 Å². The summed E-state index contributed by atoms with van der Waals surface area (Å²) in [6.07, 6.45) is 3.88. The third-order valence-electron chi connectivity index (χ3n) is 3.12. The predicted molar refractivity (Wildman–Crippen MR) is 74.1 cm³/mol. The van der Waals surface area contributed by atoms with Gasteiger partial charge in [0.25, 0.3) is 0 Å². The molecule has 0 aliphatic rings. The topological polar surface area (TPSA) is 56.9 Å². The lowest BCUT2D eigenvalue weighted by molar-refractivity contribution is 0.182. The molecule has 6 nitrogen and oxygen atoms in total. The van der Waals surface area contributed by atoms with Crippen molar-refractivity contribution in [2.45, 2.75) is 26.9 Å². The van der Waals surface area contributed by atoms with Gasteiger partial charge in [-0.2, -0.15) is 10.2 Å². The Kier molecular flexibility index (Phi) is 4.21. The quantitative estimate of drug-likeness (QED) is 0.858. The van der Waals surface area contributed by atoms with E-state index in [1.807, 2.05) is 31.0 Å². The second-order valence-electron chi connectivity index (χ2n) is 4.64. The van der Waals surface area contributed by atoms with Gasteiger partial charge in [-0.05, 0) is 13.8 Å². The van der Waals surface area contributed by atoms with E-state index in [2.05, 4.69) is 22.4 Å². The van der Waals surface area contributed by atoms with Crippen LogP contribution in [-0.2, 0) is 24.9 Å². The maximum absolute atomic E-state index is 5.09. The van der Waals surface area contributed by atoms with Crippen molar-refractivity contribution in [1.82, 2.24) is 19.6 Å². The van der Waals surface area contributed by atoms with Gasteiger partial charge in [-0.1, -0.05) is 0 Å². The predicted octanol–water partition coefficient (Wildman–Crippen LogP) is 1.49. The fourth-order valence-corrected chi connectivity index (χ4v) is 2.10. The number of nitrogens with zero attached hydrogens (tertiary/aromatic N) is 4. The van der Waals surface area contributed by atoms with Crippen LogP contribution in [0.5, 0.6) is 0 Å². The molecule has 2 aromatic rings. The number of hydrogen-bond acceptors (Lipinski definition) is 4. The van der Waals surface area contributed by atoms with Crippen LogP contribution < -0.4 is 5.32 Å². The van der Waals surface area contributed by atoms with Crippen molar-refractivity contribution < 1.29 is 4.74 Å². The number of methoxy groups -OCH3 is 1. The normalized spacial score (nSPS) is 10.9. The molecule has 1 N–H and O–H groups in total. The van der Waals surface area contributed by atoms with Crippen LogP contribution in [0.3, 0.4) is 0 Å². The Bertz CT molecular complexity index is 543. The van der Waals surface area contributed by atoms with Crippen LogP contribution in [0.25, 0.3) is 0 Å². The van der Waals surface area contributed by atoms with Crippen LogP contribution in [0.4, 0.5) is 5.69 Å². The summed E-state index contributed by atoms with van der Waals surface area (Å²) < 4.78 is 8.87. The first kappa shape index (κ1) is 13.6. The molecule has 0 bridgehead atoms. The van der Waals surface area contributed by atoms with Gasteiger partial charge in [0.1, 0.15) is 0 Å². The van der Waals surface area contributed by atoms with Crippen LogP contribution in [0, 0.1) is 13.8 Å². The van der Waals surface area contributed by atoms with Gasteiger partial charge in [0, 0.05) is 32.5 Å². The Balaban J connectivity index is 2.05.